The number of cyclic esters (lactones) is 1. The Labute approximate surface area is 529 Å². The van der Waals surface area contributed by atoms with Gasteiger partial charge in [-0.1, -0.05) is 113 Å². The number of anilines is 1. The monoisotopic (exact) mass is 1230 g/mol. The van der Waals surface area contributed by atoms with Crippen molar-refractivity contribution in [2.45, 2.75) is 160 Å². The average molecular weight is 1240 g/mol. The second kappa shape index (κ2) is 32.3. The molecule has 2 saturated heterocycles. The van der Waals surface area contributed by atoms with Crippen LogP contribution in [-0.4, -0.2) is 162 Å². The molecule has 2 bridgehead atoms. The molecule has 482 valence electrons. The van der Waals surface area contributed by atoms with Crippen LogP contribution in [0.15, 0.2) is 115 Å². The number of ether oxygens (including phenoxy) is 3. The number of rotatable bonds is 10. The predicted octanol–water partition coefficient (Wildman–Crippen LogP) is 9.06. The Balaban J connectivity index is 1.20. The number of esters is 1. The Hall–Kier alpha value is -8.48. The Morgan fingerprint density at radius 2 is 1.30 bits per heavy atom. The van der Waals surface area contributed by atoms with Gasteiger partial charge in [0.25, 0.3) is 5.91 Å². The molecule has 0 aliphatic carbocycles. The maximum absolute atomic E-state index is 15.2. The molecule has 0 radical (unpaired) electrons. The largest absolute Gasteiger partial charge is 0.493 e. The van der Waals surface area contributed by atoms with E-state index in [1.54, 1.807) is 102 Å². The Kier molecular flexibility index (Phi) is 24.8. The molecule has 3 aliphatic rings. The summed E-state index contributed by atoms with van der Waals surface area (Å²) >= 11 is 0. The molecule has 0 aromatic heterocycles. The van der Waals surface area contributed by atoms with Gasteiger partial charge in [0.1, 0.15) is 36.1 Å². The SMILES string of the molecule is COc1ccc(CC[C@H]2OC(=O)[C@@H]3CCCCN3C(=O)C(=O)C(C)(C)CCC(=O)C=CCCN(C)C(=O)[C@H](CC(C)C)N(C)C(=O)[C@H]3CCCN3C(=O)[C@H](Cc3ccccc3)N(C)C(=O)C(c3ccccc3)CC(=O)CCC(=O)Nc3cccc2c3)cc1OC. The minimum Gasteiger partial charge on any atom is -0.493 e. The number of nitrogens with one attached hydrogen (secondary N) is 1. The predicted molar refractivity (Wildman–Crippen MR) is 341 cm³/mol. The zero-order valence-electron chi connectivity index (χ0n) is 53.8. The van der Waals surface area contributed by atoms with Gasteiger partial charge in [-0.3, -0.25) is 43.2 Å². The lowest BCUT2D eigenvalue weighted by Crippen LogP contribution is -2.57. The van der Waals surface area contributed by atoms with E-state index in [0.29, 0.717) is 73.3 Å². The number of nitrogens with zero attached hydrogens (tertiary/aromatic N) is 5. The third-order valence-corrected chi connectivity index (χ3v) is 17.6. The molecule has 3 heterocycles. The van der Waals surface area contributed by atoms with Crippen molar-refractivity contribution in [1.29, 1.82) is 0 Å². The van der Waals surface area contributed by atoms with E-state index in [-0.39, 0.29) is 94.4 Å². The molecule has 3 aliphatic heterocycles. The number of hydrogen-bond acceptors (Lipinski definition) is 13. The first-order valence-electron chi connectivity index (χ1n) is 31.6. The summed E-state index contributed by atoms with van der Waals surface area (Å²) in [6.45, 7) is 7.71. The van der Waals surface area contributed by atoms with Gasteiger partial charge < -0.3 is 44.0 Å². The average Bonchev–Trinajstić information content (AvgIpc) is 1.52. The van der Waals surface area contributed by atoms with Crippen molar-refractivity contribution in [3.8, 4) is 11.5 Å². The van der Waals surface area contributed by atoms with Gasteiger partial charge in [-0.25, -0.2) is 4.79 Å². The molecule has 1 unspecified atom stereocenters. The Morgan fingerprint density at radius 1 is 0.633 bits per heavy atom. The third kappa shape index (κ3) is 18.1. The highest BCUT2D eigenvalue weighted by molar-refractivity contribution is 6.38. The molecule has 19 heteroatoms. The lowest BCUT2D eigenvalue weighted by atomic mass is 9.81. The van der Waals surface area contributed by atoms with Gasteiger partial charge >= 0.3 is 5.97 Å². The van der Waals surface area contributed by atoms with Crippen LogP contribution < -0.4 is 14.8 Å². The van der Waals surface area contributed by atoms with Crippen LogP contribution >= 0.6 is 0 Å². The molecule has 0 spiro atoms. The van der Waals surface area contributed by atoms with Gasteiger partial charge in [-0.05, 0) is 123 Å². The standard InChI is InChI=1S/C71H90N6O13/c1-47(2)42-58-66(83)73(5)39-18-16-28-53(78)37-38-71(3,4)64(81)69(86)77-40-19-17-29-57(77)70(87)90-60(34-31-49-32-35-61(88-8)62(44-49)89-9)51-26-20-27-52(45-51)72-63(80)36-33-54(79)46-55(50-24-14-11-15-25-50)65(82)74(6)59(43-48-22-12-10-13-23-48)68(85)76-41-21-30-56(76)67(84)75(58)7/h10-16,20,22-28,32,35,44-45,47,55-60H,17-19,21,29-31,33-34,36-43,46H2,1-9H3,(H,72,80)/t55?,56-,57+,58+,59+,60-/m1/s1. The summed E-state index contributed by atoms with van der Waals surface area (Å²) in [6, 6.07) is 26.3. The van der Waals surface area contributed by atoms with Crippen molar-refractivity contribution in [3.63, 3.8) is 0 Å². The summed E-state index contributed by atoms with van der Waals surface area (Å²) in [5, 5.41) is 2.89. The van der Waals surface area contributed by atoms with Crippen LogP contribution in [0, 0.1) is 11.3 Å². The van der Waals surface area contributed by atoms with Crippen molar-refractivity contribution in [3.05, 3.63) is 138 Å². The fourth-order valence-electron chi connectivity index (χ4n) is 12.2. The van der Waals surface area contributed by atoms with Crippen LogP contribution in [0.5, 0.6) is 11.5 Å². The number of hydrogen-bond donors (Lipinski definition) is 1. The summed E-state index contributed by atoms with van der Waals surface area (Å²) in [5.41, 5.74) is 1.75. The molecular formula is C71H90N6O13. The fraction of sp³-hybridized carbons (Fsp3) is 0.493. The highest BCUT2D eigenvalue weighted by Gasteiger charge is 2.45. The van der Waals surface area contributed by atoms with Crippen molar-refractivity contribution >= 4 is 64.4 Å². The molecule has 6 atom stereocenters. The quantitative estimate of drug-likeness (QED) is 0.116. The first kappa shape index (κ1) is 69.0. The second-order valence-electron chi connectivity index (χ2n) is 25.1. The number of ketones is 3. The van der Waals surface area contributed by atoms with Crippen LogP contribution in [0.25, 0.3) is 0 Å². The number of amides is 6. The normalized spacial score (nSPS) is 23.2. The molecule has 4 aromatic carbocycles. The Bertz CT molecular complexity index is 3240. The highest BCUT2D eigenvalue weighted by atomic mass is 16.5. The molecule has 0 saturated carbocycles. The Morgan fingerprint density at radius 3 is 2.00 bits per heavy atom. The number of carbonyl (C=O) groups is 10. The van der Waals surface area contributed by atoms with E-state index < -0.39 is 82.9 Å². The van der Waals surface area contributed by atoms with E-state index in [9.17, 15) is 38.4 Å². The first-order valence-corrected chi connectivity index (χ1v) is 31.6. The minimum atomic E-state index is -1.28. The maximum atomic E-state index is 15.2. The highest BCUT2D eigenvalue weighted by Crippen LogP contribution is 2.34. The molecule has 2 fully saturated rings. The number of piperidine rings is 1. The lowest BCUT2D eigenvalue weighted by Gasteiger charge is -2.37. The number of likely N-dealkylation sites (N-methyl/N-ethyl adjacent to an activating group) is 3. The number of Topliss-reactive ketones (excluding diaryl/α,β-unsaturated/α-hetero) is 2. The van der Waals surface area contributed by atoms with Gasteiger partial charge in [0.15, 0.2) is 17.3 Å². The van der Waals surface area contributed by atoms with E-state index in [0.717, 1.165) is 11.1 Å². The van der Waals surface area contributed by atoms with Crippen molar-refractivity contribution in [1.82, 2.24) is 24.5 Å². The number of benzene rings is 4. The van der Waals surface area contributed by atoms with Crippen molar-refractivity contribution in [2.75, 3.05) is 60.3 Å². The van der Waals surface area contributed by atoms with Gasteiger partial charge in [0, 0.05) is 84.0 Å². The summed E-state index contributed by atoms with van der Waals surface area (Å²) in [4.78, 5) is 151. The molecule has 1 N–H and O–H groups in total. The van der Waals surface area contributed by atoms with Crippen LogP contribution in [0.4, 0.5) is 5.69 Å². The topological polar surface area (TPSA) is 227 Å². The number of allylic oxidation sites excluding steroid dienone is 1. The number of fused-ring (bicyclic) bond motifs is 4. The molecule has 19 nitrogen and oxygen atoms in total. The number of aryl methyl sites for hydroxylation is 1. The smallest absolute Gasteiger partial charge is 0.329 e. The third-order valence-electron chi connectivity index (χ3n) is 17.6. The molecule has 90 heavy (non-hydrogen) atoms. The van der Waals surface area contributed by atoms with Gasteiger partial charge in [0.2, 0.25) is 35.3 Å². The van der Waals surface area contributed by atoms with Gasteiger partial charge in [-0.2, -0.15) is 0 Å². The van der Waals surface area contributed by atoms with Crippen LogP contribution in [0.3, 0.4) is 0 Å². The van der Waals surface area contributed by atoms with Gasteiger partial charge in [0.05, 0.1) is 20.1 Å². The first-order chi connectivity index (χ1) is 43.0. The summed E-state index contributed by atoms with van der Waals surface area (Å²) < 4.78 is 17.4. The van der Waals surface area contributed by atoms with Crippen molar-refractivity contribution in [2.24, 2.45) is 11.3 Å². The zero-order chi connectivity index (χ0) is 65.2. The molecule has 6 amide bonds. The van der Waals surface area contributed by atoms with Crippen LogP contribution in [0.2, 0.25) is 0 Å². The van der Waals surface area contributed by atoms with Gasteiger partial charge in [-0.15, -0.1) is 0 Å². The fourth-order valence-corrected chi connectivity index (χ4v) is 12.2. The number of methoxy groups -OCH3 is 2. The van der Waals surface area contributed by atoms with E-state index in [2.05, 4.69) is 5.32 Å². The lowest BCUT2D eigenvalue weighted by molar-refractivity contribution is -0.164. The molecule has 7 rings (SSSR count). The maximum Gasteiger partial charge on any atom is 0.329 e. The van der Waals surface area contributed by atoms with E-state index in [1.807, 2.05) is 56.3 Å². The van der Waals surface area contributed by atoms with Crippen LogP contribution in [-0.2, 0) is 65.5 Å². The molecule has 4 aromatic rings. The summed E-state index contributed by atoms with van der Waals surface area (Å²) in [6.07, 6.45) is 4.99. The van der Waals surface area contributed by atoms with E-state index >= 15 is 9.59 Å². The molecular weight excluding hydrogens is 1140 g/mol. The van der Waals surface area contributed by atoms with E-state index in [4.69, 9.17) is 14.2 Å². The van der Waals surface area contributed by atoms with Crippen LogP contribution in [0.1, 0.15) is 145 Å². The number of carbonyl (C=O) groups excluding carboxylic acids is 10. The summed E-state index contributed by atoms with van der Waals surface area (Å²) in [7, 11) is 7.83. The second-order valence-corrected chi connectivity index (χ2v) is 25.1. The minimum absolute atomic E-state index is 0.00407. The van der Waals surface area contributed by atoms with E-state index in [1.165, 1.54) is 44.8 Å². The van der Waals surface area contributed by atoms with Crippen molar-refractivity contribution < 1.29 is 62.2 Å². The zero-order valence-corrected chi connectivity index (χ0v) is 53.8. The summed E-state index contributed by atoms with van der Waals surface area (Å²) in [5.74, 6) is -5.13.